The molecule has 2 unspecified atom stereocenters. The van der Waals surface area contributed by atoms with Crippen LogP contribution in [-0.4, -0.2) is 109 Å². The van der Waals surface area contributed by atoms with E-state index < -0.39 is 6.10 Å². The van der Waals surface area contributed by atoms with Crippen LogP contribution in [0.3, 0.4) is 0 Å². The predicted molar refractivity (Wildman–Crippen MR) is 110 cm³/mol. The highest BCUT2D eigenvalue weighted by Crippen LogP contribution is 2.08. The van der Waals surface area contributed by atoms with Gasteiger partial charge in [0.15, 0.2) is 0 Å². The first kappa shape index (κ1) is 27.1. The first-order valence-electron chi connectivity index (χ1n) is 9.95. The standard InChI is InChI=1S/C11H24O5.C6H16O3Si2/c1-2-3-5-15-9-11(13)10-16-8-7-14-6-4-12;10-9-11-3-1-2-7-4-6-5-8-6/h11-13H,2-10H2,1H3;6H,1-5,11H2,10H3. The molecule has 2 atom stereocenters. The summed E-state index contributed by atoms with van der Waals surface area (Å²) in [4.78, 5) is 0. The maximum atomic E-state index is 9.42. The van der Waals surface area contributed by atoms with E-state index in [4.69, 9.17) is 32.9 Å². The van der Waals surface area contributed by atoms with Gasteiger partial charge in [-0.15, -0.1) is 0 Å². The second-order valence-corrected chi connectivity index (χ2v) is 9.65. The van der Waals surface area contributed by atoms with Crippen LogP contribution < -0.4 is 0 Å². The molecule has 1 saturated heterocycles. The molecule has 1 aliphatic rings. The Labute approximate surface area is 169 Å². The lowest BCUT2D eigenvalue weighted by molar-refractivity contribution is -0.0343. The summed E-state index contributed by atoms with van der Waals surface area (Å²) in [6.45, 7) is 7.14. The third-order valence-electron chi connectivity index (χ3n) is 3.46. The molecule has 1 rings (SSSR count). The largest absolute Gasteiger partial charge is 0.468 e. The lowest BCUT2D eigenvalue weighted by atomic mass is 10.3. The Bertz CT molecular complexity index is 286. The van der Waals surface area contributed by atoms with Gasteiger partial charge in [0.2, 0.25) is 0 Å². The monoisotopic (exact) mass is 428 g/mol. The molecule has 0 bridgehead atoms. The zero-order chi connectivity index (χ0) is 20.0. The third kappa shape index (κ3) is 24.1. The Morgan fingerprint density at radius 3 is 2.33 bits per heavy atom. The minimum absolute atomic E-state index is 0.0217. The van der Waals surface area contributed by atoms with Crippen molar-refractivity contribution in [2.75, 3.05) is 66.1 Å². The van der Waals surface area contributed by atoms with Gasteiger partial charge in [-0.3, -0.25) is 0 Å². The van der Waals surface area contributed by atoms with E-state index in [0.717, 1.165) is 43.1 Å². The SMILES string of the molecule is CCCCOCC(O)COCCOCCO.[SiH3]O[SiH2]CCCOCC1CO1. The Kier molecular flexibility index (Phi) is 22.5. The average molecular weight is 429 g/mol. The van der Waals surface area contributed by atoms with Gasteiger partial charge in [-0.25, -0.2) is 0 Å². The van der Waals surface area contributed by atoms with Crippen LogP contribution in [0.2, 0.25) is 6.04 Å². The quantitative estimate of drug-likeness (QED) is 0.150. The smallest absolute Gasteiger partial charge is 0.145 e. The molecule has 1 heterocycles. The Morgan fingerprint density at radius 2 is 1.70 bits per heavy atom. The van der Waals surface area contributed by atoms with Crippen molar-refractivity contribution >= 4 is 20.2 Å². The van der Waals surface area contributed by atoms with Gasteiger partial charge in [0, 0.05) is 13.2 Å². The topological polar surface area (TPSA) is 99.1 Å². The number of hydrogen-bond acceptors (Lipinski definition) is 8. The van der Waals surface area contributed by atoms with Gasteiger partial charge in [0.25, 0.3) is 0 Å². The van der Waals surface area contributed by atoms with E-state index >= 15 is 0 Å². The van der Waals surface area contributed by atoms with E-state index in [9.17, 15) is 5.11 Å². The van der Waals surface area contributed by atoms with Crippen LogP contribution in [0.4, 0.5) is 0 Å². The summed E-state index contributed by atoms with van der Waals surface area (Å²) in [5.41, 5.74) is 0. The van der Waals surface area contributed by atoms with Crippen molar-refractivity contribution in [1.82, 2.24) is 0 Å². The first-order valence-corrected chi connectivity index (χ1v) is 12.3. The van der Waals surface area contributed by atoms with Gasteiger partial charge in [-0.2, -0.15) is 0 Å². The molecule has 8 nitrogen and oxygen atoms in total. The fraction of sp³-hybridized carbons (Fsp3) is 1.00. The summed E-state index contributed by atoms with van der Waals surface area (Å²) in [6.07, 6.45) is 3.12. The van der Waals surface area contributed by atoms with Crippen molar-refractivity contribution in [3.8, 4) is 0 Å². The Hall–Kier alpha value is 0.114. The molecular weight excluding hydrogens is 388 g/mol. The molecule has 1 aliphatic heterocycles. The molecule has 10 heteroatoms. The lowest BCUT2D eigenvalue weighted by Gasteiger charge is -2.11. The van der Waals surface area contributed by atoms with E-state index in [0.29, 0.717) is 39.1 Å². The maximum Gasteiger partial charge on any atom is 0.145 e. The number of ether oxygens (including phenoxy) is 5. The highest BCUT2D eigenvalue weighted by molar-refractivity contribution is 6.34. The van der Waals surface area contributed by atoms with Crippen molar-refractivity contribution in [2.24, 2.45) is 0 Å². The van der Waals surface area contributed by atoms with Crippen LogP contribution in [-0.2, 0) is 27.8 Å². The molecule has 1 fully saturated rings. The molecule has 27 heavy (non-hydrogen) atoms. The summed E-state index contributed by atoms with van der Waals surface area (Å²) in [5, 5.41) is 17.8. The molecule has 2 N–H and O–H groups in total. The van der Waals surface area contributed by atoms with Crippen LogP contribution in [0.25, 0.3) is 0 Å². The molecule has 0 aromatic heterocycles. The van der Waals surface area contributed by atoms with Gasteiger partial charge >= 0.3 is 0 Å². The predicted octanol–water partition coefficient (Wildman–Crippen LogP) is -1.22. The van der Waals surface area contributed by atoms with Crippen LogP contribution in [0.1, 0.15) is 26.2 Å². The zero-order valence-electron chi connectivity index (χ0n) is 17.1. The molecule has 0 aliphatic carbocycles. The summed E-state index contributed by atoms with van der Waals surface area (Å²) >= 11 is 0. The van der Waals surface area contributed by atoms with Crippen LogP contribution >= 0.6 is 0 Å². The maximum absolute atomic E-state index is 9.42. The normalized spacial score (nSPS) is 17.2. The molecule has 0 amide bonds. The minimum Gasteiger partial charge on any atom is -0.468 e. The summed E-state index contributed by atoms with van der Waals surface area (Å²) in [6, 6.07) is 1.26. The number of rotatable bonds is 19. The van der Waals surface area contributed by atoms with Crippen LogP contribution in [0.15, 0.2) is 0 Å². The molecule has 0 aromatic rings. The van der Waals surface area contributed by atoms with E-state index in [1.807, 2.05) is 0 Å². The second kappa shape index (κ2) is 22.4. The van der Waals surface area contributed by atoms with E-state index in [1.165, 1.54) is 12.5 Å². The number of aliphatic hydroxyl groups is 2. The zero-order valence-corrected chi connectivity index (χ0v) is 20.5. The lowest BCUT2D eigenvalue weighted by Crippen LogP contribution is -2.23. The average Bonchev–Trinajstić information content (AvgIpc) is 3.49. The van der Waals surface area contributed by atoms with Crippen molar-refractivity contribution in [3.05, 3.63) is 0 Å². The fourth-order valence-corrected chi connectivity index (χ4v) is 3.41. The molecule has 164 valence electrons. The van der Waals surface area contributed by atoms with Crippen molar-refractivity contribution in [1.29, 1.82) is 0 Å². The van der Waals surface area contributed by atoms with Gasteiger partial charge in [0.05, 0.1) is 52.9 Å². The van der Waals surface area contributed by atoms with Gasteiger partial charge < -0.3 is 38.0 Å². The molecule has 0 aromatic carbocycles. The Morgan fingerprint density at radius 1 is 1.04 bits per heavy atom. The van der Waals surface area contributed by atoms with Gasteiger partial charge in [0.1, 0.15) is 32.5 Å². The Balaban J connectivity index is 0.000000533. The first-order chi connectivity index (χ1) is 13.2. The third-order valence-corrected chi connectivity index (χ3v) is 5.89. The second-order valence-electron chi connectivity index (χ2n) is 6.22. The van der Waals surface area contributed by atoms with Gasteiger partial charge in [-0.05, 0) is 18.9 Å². The van der Waals surface area contributed by atoms with Crippen molar-refractivity contribution in [2.45, 2.75) is 44.4 Å². The summed E-state index contributed by atoms with van der Waals surface area (Å²) in [7, 11) is 0.757. The summed E-state index contributed by atoms with van der Waals surface area (Å²) < 4.78 is 30.9. The van der Waals surface area contributed by atoms with E-state index in [2.05, 4.69) is 6.92 Å². The molecule has 0 spiro atoms. The van der Waals surface area contributed by atoms with Crippen LogP contribution in [0, 0.1) is 0 Å². The van der Waals surface area contributed by atoms with Crippen LogP contribution in [0.5, 0.6) is 0 Å². The van der Waals surface area contributed by atoms with Crippen molar-refractivity contribution in [3.63, 3.8) is 0 Å². The highest BCUT2D eigenvalue weighted by atomic mass is 28.3. The van der Waals surface area contributed by atoms with E-state index in [1.54, 1.807) is 0 Å². The number of aliphatic hydroxyl groups excluding tert-OH is 2. The van der Waals surface area contributed by atoms with E-state index in [-0.39, 0.29) is 23.0 Å². The molecular formula is C17H40O8Si2. The molecule has 0 radical (unpaired) electrons. The number of epoxide rings is 1. The number of unbranched alkanes of at least 4 members (excludes halogenated alkanes) is 1. The highest BCUT2D eigenvalue weighted by Gasteiger charge is 2.21. The number of hydrogen-bond donors (Lipinski definition) is 2. The summed E-state index contributed by atoms with van der Waals surface area (Å²) in [5.74, 6) is 0. The minimum atomic E-state index is -0.574. The van der Waals surface area contributed by atoms with Gasteiger partial charge in [-0.1, -0.05) is 13.3 Å². The fourth-order valence-electron chi connectivity index (χ4n) is 1.85. The van der Waals surface area contributed by atoms with Crippen molar-refractivity contribution < 1.29 is 38.0 Å². The molecule has 0 saturated carbocycles.